The summed E-state index contributed by atoms with van der Waals surface area (Å²) in [6.45, 7) is 7.09. The Labute approximate surface area is 155 Å². The molecule has 3 heterocycles. The van der Waals surface area contributed by atoms with E-state index in [1.807, 2.05) is 41.9 Å². The highest BCUT2D eigenvalue weighted by Gasteiger charge is 2.29. The zero-order valence-corrected chi connectivity index (χ0v) is 15.8. The van der Waals surface area contributed by atoms with Gasteiger partial charge in [-0.3, -0.25) is 19.2 Å². The average Bonchev–Trinajstić information content (AvgIpc) is 3.15. The lowest BCUT2D eigenvalue weighted by Crippen LogP contribution is -2.41. The van der Waals surface area contributed by atoms with Gasteiger partial charge in [-0.15, -0.1) is 11.3 Å². The molecule has 0 saturated carbocycles. The number of nitrogens with one attached hydrogen (secondary N) is 1. The second-order valence-corrected chi connectivity index (χ2v) is 7.98. The minimum atomic E-state index is -0.180. The molecule has 0 spiro atoms. The van der Waals surface area contributed by atoms with Crippen molar-refractivity contribution in [2.45, 2.75) is 27.3 Å². The number of benzene rings is 1. The number of hydrogen-bond acceptors (Lipinski definition) is 4. The van der Waals surface area contributed by atoms with Crippen LogP contribution in [0.25, 0.3) is 10.2 Å². The predicted molar refractivity (Wildman–Crippen MR) is 104 cm³/mol. The summed E-state index contributed by atoms with van der Waals surface area (Å²) in [5, 5.41) is 8.41. The van der Waals surface area contributed by atoms with Crippen LogP contribution in [0, 0.1) is 12.8 Å². The Bertz CT molecular complexity index is 1020. The molecule has 1 aromatic carbocycles. The van der Waals surface area contributed by atoms with Crippen LogP contribution < -0.4 is 10.2 Å². The molecule has 7 heteroatoms. The fraction of sp³-hybridized carbons (Fsp3) is 0.316. The zero-order chi connectivity index (χ0) is 18.4. The number of carbonyl (C=O) groups excluding carboxylic acids is 2. The third kappa shape index (κ3) is 2.78. The molecule has 134 valence electrons. The van der Waals surface area contributed by atoms with Gasteiger partial charge in [0, 0.05) is 11.9 Å². The van der Waals surface area contributed by atoms with Crippen molar-refractivity contribution in [3.63, 3.8) is 0 Å². The van der Waals surface area contributed by atoms with Crippen LogP contribution in [-0.4, -0.2) is 28.1 Å². The summed E-state index contributed by atoms with van der Waals surface area (Å²) in [4.78, 5) is 28.3. The molecule has 3 aromatic rings. The van der Waals surface area contributed by atoms with Crippen LogP contribution in [0.15, 0.2) is 30.3 Å². The number of anilines is 2. The normalized spacial score (nSPS) is 14.0. The number of aryl methyl sites for hydroxylation is 1. The van der Waals surface area contributed by atoms with Gasteiger partial charge < -0.3 is 5.32 Å². The van der Waals surface area contributed by atoms with E-state index in [0.29, 0.717) is 16.5 Å². The van der Waals surface area contributed by atoms with Gasteiger partial charge in [0.25, 0.3) is 5.91 Å². The van der Waals surface area contributed by atoms with Crippen molar-refractivity contribution in [2.75, 3.05) is 16.8 Å². The second-order valence-electron chi connectivity index (χ2n) is 6.95. The van der Waals surface area contributed by atoms with Crippen molar-refractivity contribution < 1.29 is 9.59 Å². The third-order valence-electron chi connectivity index (χ3n) is 4.37. The minimum Gasteiger partial charge on any atom is -0.323 e. The number of hydrogen-bond donors (Lipinski definition) is 1. The number of aromatic nitrogens is 2. The Morgan fingerprint density at radius 3 is 2.88 bits per heavy atom. The fourth-order valence-electron chi connectivity index (χ4n) is 3.24. The van der Waals surface area contributed by atoms with E-state index >= 15 is 0 Å². The molecular formula is C19H20N4O2S. The van der Waals surface area contributed by atoms with E-state index in [9.17, 15) is 9.59 Å². The Kier molecular flexibility index (Phi) is 4.03. The topological polar surface area (TPSA) is 67.2 Å². The molecule has 1 N–H and O–H groups in total. The molecule has 1 aliphatic rings. The molecule has 2 amide bonds. The number of amides is 2. The van der Waals surface area contributed by atoms with Gasteiger partial charge in [-0.1, -0.05) is 26.0 Å². The molecular weight excluding hydrogens is 348 g/mol. The lowest BCUT2D eigenvalue weighted by Gasteiger charge is -2.28. The standard InChI is InChI=1S/C19H20N4O2S/c1-11(2)9-23-19-13(12(3)21-23)8-16(26-19)18(25)22-10-17(24)20-14-6-4-5-7-15(14)22/h4-8,11H,9-10H2,1-3H3,(H,20,24). The van der Waals surface area contributed by atoms with E-state index in [1.165, 1.54) is 11.3 Å². The van der Waals surface area contributed by atoms with Gasteiger partial charge in [0.15, 0.2) is 0 Å². The first kappa shape index (κ1) is 16.8. The van der Waals surface area contributed by atoms with E-state index < -0.39 is 0 Å². The summed E-state index contributed by atoms with van der Waals surface area (Å²) < 4.78 is 1.98. The molecule has 0 radical (unpaired) electrons. The summed E-state index contributed by atoms with van der Waals surface area (Å²) in [5.74, 6) is 0.140. The maximum Gasteiger partial charge on any atom is 0.268 e. The van der Waals surface area contributed by atoms with Gasteiger partial charge in [-0.25, -0.2) is 0 Å². The van der Waals surface area contributed by atoms with E-state index in [2.05, 4.69) is 24.3 Å². The van der Waals surface area contributed by atoms with Crippen molar-refractivity contribution in [3.05, 3.63) is 40.9 Å². The monoisotopic (exact) mass is 368 g/mol. The van der Waals surface area contributed by atoms with E-state index in [1.54, 1.807) is 4.90 Å². The zero-order valence-electron chi connectivity index (χ0n) is 14.9. The number of nitrogens with zero attached hydrogens (tertiary/aromatic N) is 3. The predicted octanol–water partition coefficient (Wildman–Crippen LogP) is 3.66. The molecule has 0 fully saturated rings. The number of thiophene rings is 1. The Morgan fingerprint density at radius 2 is 2.12 bits per heavy atom. The first-order valence-electron chi connectivity index (χ1n) is 8.61. The molecule has 0 aliphatic carbocycles. The second kappa shape index (κ2) is 6.25. The van der Waals surface area contributed by atoms with Gasteiger partial charge in [-0.05, 0) is 31.0 Å². The molecule has 2 aromatic heterocycles. The first-order chi connectivity index (χ1) is 12.4. The van der Waals surface area contributed by atoms with Crippen molar-refractivity contribution in [1.82, 2.24) is 9.78 Å². The number of fused-ring (bicyclic) bond motifs is 2. The number of carbonyl (C=O) groups is 2. The lowest BCUT2D eigenvalue weighted by molar-refractivity contribution is -0.115. The maximum absolute atomic E-state index is 13.1. The molecule has 4 rings (SSSR count). The summed E-state index contributed by atoms with van der Waals surface area (Å²) in [5.41, 5.74) is 2.32. The first-order valence-corrected chi connectivity index (χ1v) is 9.43. The van der Waals surface area contributed by atoms with Crippen LogP contribution in [0.5, 0.6) is 0 Å². The Hall–Kier alpha value is -2.67. The summed E-state index contributed by atoms with van der Waals surface area (Å²) in [6.07, 6.45) is 0. The average molecular weight is 368 g/mol. The fourth-order valence-corrected chi connectivity index (χ4v) is 4.36. The molecule has 0 saturated heterocycles. The SMILES string of the molecule is Cc1nn(CC(C)C)c2sc(C(=O)N3CC(=O)Nc4ccccc43)cc12. The summed E-state index contributed by atoms with van der Waals surface area (Å²) >= 11 is 1.44. The van der Waals surface area contributed by atoms with Gasteiger partial charge in [0.05, 0.1) is 21.9 Å². The van der Waals surface area contributed by atoms with Gasteiger partial charge in [0.1, 0.15) is 11.4 Å². The van der Waals surface area contributed by atoms with E-state index in [-0.39, 0.29) is 18.4 Å². The Morgan fingerprint density at radius 1 is 1.35 bits per heavy atom. The molecule has 0 unspecified atom stereocenters. The molecule has 26 heavy (non-hydrogen) atoms. The van der Waals surface area contributed by atoms with Crippen LogP contribution in [0.1, 0.15) is 29.2 Å². The van der Waals surface area contributed by atoms with Crippen molar-refractivity contribution in [1.29, 1.82) is 0 Å². The van der Waals surface area contributed by atoms with Gasteiger partial charge in [0.2, 0.25) is 5.91 Å². The molecule has 0 bridgehead atoms. The van der Waals surface area contributed by atoms with Crippen LogP contribution in [-0.2, 0) is 11.3 Å². The highest BCUT2D eigenvalue weighted by molar-refractivity contribution is 7.20. The van der Waals surface area contributed by atoms with Crippen molar-refractivity contribution >= 4 is 44.7 Å². The summed E-state index contributed by atoms with van der Waals surface area (Å²) in [6, 6.07) is 9.27. The third-order valence-corrected chi connectivity index (χ3v) is 5.51. The maximum atomic E-state index is 13.1. The van der Waals surface area contributed by atoms with Gasteiger partial charge in [-0.2, -0.15) is 5.10 Å². The Balaban J connectivity index is 1.74. The van der Waals surface area contributed by atoms with E-state index in [0.717, 1.165) is 28.1 Å². The van der Waals surface area contributed by atoms with Crippen LogP contribution in [0.4, 0.5) is 11.4 Å². The quantitative estimate of drug-likeness (QED) is 0.767. The van der Waals surface area contributed by atoms with E-state index in [4.69, 9.17) is 0 Å². The molecule has 6 nitrogen and oxygen atoms in total. The number of rotatable bonds is 3. The number of para-hydroxylation sites is 2. The lowest BCUT2D eigenvalue weighted by atomic mass is 10.2. The summed E-state index contributed by atoms with van der Waals surface area (Å²) in [7, 11) is 0. The minimum absolute atomic E-state index is 0.0290. The highest BCUT2D eigenvalue weighted by atomic mass is 32.1. The van der Waals surface area contributed by atoms with Crippen molar-refractivity contribution in [3.8, 4) is 0 Å². The highest BCUT2D eigenvalue weighted by Crippen LogP contribution is 2.34. The molecule has 0 atom stereocenters. The smallest absolute Gasteiger partial charge is 0.268 e. The van der Waals surface area contributed by atoms with Crippen molar-refractivity contribution in [2.24, 2.45) is 5.92 Å². The van der Waals surface area contributed by atoms with Crippen LogP contribution >= 0.6 is 11.3 Å². The largest absolute Gasteiger partial charge is 0.323 e. The van der Waals surface area contributed by atoms with Crippen LogP contribution in [0.2, 0.25) is 0 Å². The van der Waals surface area contributed by atoms with Crippen LogP contribution in [0.3, 0.4) is 0 Å². The van der Waals surface area contributed by atoms with Gasteiger partial charge >= 0.3 is 0 Å². The molecule has 1 aliphatic heterocycles.